The molecule has 2 N–H and O–H groups in total. The largest absolute Gasteiger partial charge is 0.392 e. The van der Waals surface area contributed by atoms with Crippen molar-refractivity contribution in [3.63, 3.8) is 0 Å². The van der Waals surface area contributed by atoms with Gasteiger partial charge >= 0.3 is 0 Å². The van der Waals surface area contributed by atoms with Crippen LogP contribution in [0.2, 0.25) is 0 Å². The van der Waals surface area contributed by atoms with Crippen LogP contribution in [0.3, 0.4) is 0 Å². The van der Waals surface area contributed by atoms with Gasteiger partial charge in [-0.2, -0.15) is 0 Å². The summed E-state index contributed by atoms with van der Waals surface area (Å²) in [6, 6.07) is 0.425. The molecular formula is C17H35N3O3. The third kappa shape index (κ3) is 6.29. The molecule has 2 heterocycles. The summed E-state index contributed by atoms with van der Waals surface area (Å²) in [5.41, 5.74) is 0. The van der Waals surface area contributed by atoms with Crippen molar-refractivity contribution in [1.82, 2.24) is 14.7 Å². The van der Waals surface area contributed by atoms with Crippen LogP contribution in [-0.4, -0.2) is 108 Å². The molecule has 2 aliphatic heterocycles. The van der Waals surface area contributed by atoms with Crippen molar-refractivity contribution < 1.29 is 14.9 Å². The zero-order valence-electron chi connectivity index (χ0n) is 15.2. The normalized spacial score (nSPS) is 34.4. The van der Waals surface area contributed by atoms with E-state index in [1.807, 2.05) is 6.92 Å². The summed E-state index contributed by atoms with van der Waals surface area (Å²) in [6.07, 6.45) is -0.104. The standard InChI is InChI=1S/C17H35N3O3/c1-13-7-18(5-6-20(13)8-14(2)21)11-17(22)12-19-9-15(3)23-16(4)10-19/h13-17,21-22H,5-12H2,1-4H3/t13-,14+,15-,16+,17+/m1/s1. The Balaban J connectivity index is 1.72. The number of rotatable bonds is 6. The number of nitrogens with zero attached hydrogens (tertiary/aromatic N) is 3. The molecule has 0 radical (unpaired) electrons. The molecule has 2 rings (SSSR count). The molecule has 2 fully saturated rings. The van der Waals surface area contributed by atoms with Crippen LogP contribution in [0.25, 0.3) is 0 Å². The van der Waals surface area contributed by atoms with Gasteiger partial charge in [-0.1, -0.05) is 0 Å². The summed E-state index contributed by atoms with van der Waals surface area (Å²) in [5, 5.41) is 20.0. The lowest BCUT2D eigenvalue weighted by Crippen LogP contribution is -2.56. The van der Waals surface area contributed by atoms with Crippen molar-refractivity contribution in [2.45, 2.75) is 58.2 Å². The van der Waals surface area contributed by atoms with Crippen molar-refractivity contribution in [3.8, 4) is 0 Å². The molecule has 0 unspecified atom stereocenters. The molecule has 2 aliphatic rings. The van der Waals surface area contributed by atoms with Crippen LogP contribution in [0.1, 0.15) is 27.7 Å². The SMILES string of the molecule is C[C@H](O)CN1CCN(C[C@H](O)CN2C[C@@H](C)O[C@@H](C)C2)C[C@H]1C. The fourth-order valence-corrected chi connectivity index (χ4v) is 3.93. The minimum atomic E-state index is -0.317. The van der Waals surface area contributed by atoms with E-state index in [0.717, 1.165) is 52.4 Å². The van der Waals surface area contributed by atoms with Crippen LogP contribution in [-0.2, 0) is 4.74 Å². The number of β-amino-alcohol motifs (C(OH)–C–C–N with tert-alkyl or cyclic N) is 2. The minimum Gasteiger partial charge on any atom is -0.392 e. The second kappa shape index (κ2) is 8.74. The Kier molecular flexibility index (Phi) is 7.25. The number of morpholine rings is 1. The quantitative estimate of drug-likeness (QED) is 0.706. The fraction of sp³-hybridized carbons (Fsp3) is 1.00. The van der Waals surface area contributed by atoms with Crippen molar-refractivity contribution in [2.24, 2.45) is 0 Å². The number of aliphatic hydroxyl groups is 2. The molecule has 5 atom stereocenters. The van der Waals surface area contributed by atoms with E-state index in [4.69, 9.17) is 4.74 Å². The second-order valence-corrected chi connectivity index (χ2v) is 7.58. The van der Waals surface area contributed by atoms with Gasteiger partial charge in [0.15, 0.2) is 0 Å². The molecule has 0 aromatic rings. The van der Waals surface area contributed by atoms with Crippen LogP contribution in [0, 0.1) is 0 Å². The Labute approximate surface area is 141 Å². The van der Waals surface area contributed by atoms with E-state index in [1.54, 1.807) is 0 Å². The fourth-order valence-electron chi connectivity index (χ4n) is 3.93. The van der Waals surface area contributed by atoms with Crippen LogP contribution < -0.4 is 0 Å². The van der Waals surface area contributed by atoms with Gasteiger partial charge in [-0.05, 0) is 27.7 Å². The summed E-state index contributed by atoms with van der Waals surface area (Å²) in [7, 11) is 0. The van der Waals surface area contributed by atoms with Gasteiger partial charge in [0.05, 0.1) is 24.4 Å². The molecule has 0 aromatic carbocycles. The van der Waals surface area contributed by atoms with Gasteiger partial charge in [-0.15, -0.1) is 0 Å². The first-order chi connectivity index (χ1) is 10.8. The smallest absolute Gasteiger partial charge is 0.0793 e. The number of aliphatic hydroxyl groups excluding tert-OH is 2. The Bertz CT molecular complexity index is 346. The number of hydrogen-bond donors (Lipinski definition) is 2. The molecule has 0 aliphatic carbocycles. The minimum absolute atomic E-state index is 0.245. The Morgan fingerprint density at radius 3 is 2.09 bits per heavy atom. The van der Waals surface area contributed by atoms with E-state index in [-0.39, 0.29) is 24.4 Å². The van der Waals surface area contributed by atoms with Gasteiger partial charge < -0.3 is 14.9 Å². The summed E-state index contributed by atoms with van der Waals surface area (Å²) in [5.74, 6) is 0. The Morgan fingerprint density at radius 2 is 1.52 bits per heavy atom. The highest BCUT2D eigenvalue weighted by molar-refractivity contribution is 4.83. The van der Waals surface area contributed by atoms with Crippen LogP contribution in [0.4, 0.5) is 0 Å². The zero-order valence-corrected chi connectivity index (χ0v) is 15.2. The lowest BCUT2D eigenvalue weighted by Gasteiger charge is -2.42. The maximum atomic E-state index is 10.4. The topological polar surface area (TPSA) is 59.4 Å². The van der Waals surface area contributed by atoms with Gasteiger partial charge in [-0.3, -0.25) is 14.7 Å². The molecule has 0 amide bonds. The number of hydrogen-bond acceptors (Lipinski definition) is 6. The van der Waals surface area contributed by atoms with E-state index in [0.29, 0.717) is 6.04 Å². The van der Waals surface area contributed by atoms with Crippen LogP contribution in [0.5, 0.6) is 0 Å². The highest BCUT2D eigenvalue weighted by Crippen LogP contribution is 2.13. The highest BCUT2D eigenvalue weighted by Gasteiger charge is 2.28. The lowest BCUT2D eigenvalue weighted by atomic mass is 10.1. The van der Waals surface area contributed by atoms with Gasteiger partial charge in [0.1, 0.15) is 0 Å². The molecule has 6 heteroatoms. The third-order valence-electron chi connectivity index (χ3n) is 4.78. The summed E-state index contributed by atoms with van der Waals surface area (Å²) in [4.78, 5) is 7.00. The molecule has 0 saturated carbocycles. The first kappa shape index (κ1) is 19.1. The summed E-state index contributed by atoms with van der Waals surface area (Å²) in [6.45, 7) is 15.1. The molecule has 6 nitrogen and oxygen atoms in total. The van der Waals surface area contributed by atoms with Crippen molar-refractivity contribution >= 4 is 0 Å². The van der Waals surface area contributed by atoms with Crippen molar-refractivity contribution in [2.75, 3.05) is 52.4 Å². The van der Waals surface area contributed by atoms with Gasteiger partial charge in [-0.25, -0.2) is 0 Å². The van der Waals surface area contributed by atoms with Crippen LogP contribution in [0.15, 0.2) is 0 Å². The van der Waals surface area contributed by atoms with E-state index in [1.165, 1.54) is 0 Å². The highest BCUT2D eigenvalue weighted by atomic mass is 16.5. The Morgan fingerprint density at radius 1 is 0.913 bits per heavy atom. The molecule has 0 spiro atoms. The summed E-state index contributed by atoms with van der Waals surface area (Å²) >= 11 is 0. The molecule has 136 valence electrons. The molecule has 0 aromatic heterocycles. The number of ether oxygens (including phenoxy) is 1. The Hall–Kier alpha value is -0.240. The second-order valence-electron chi connectivity index (χ2n) is 7.58. The molecule has 23 heavy (non-hydrogen) atoms. The van der Waals surface area contributed by atoms with E-state index < -0.39 is 0 Å². The maximum absolute atomic E-state index is 10.4. The van der Waals surface area contributed by atoms with E-state index in [2.05, 4.69) is 35.5 Å². The molecular weight excluding hydrogens is 294 g/mol. The third-order valence-corrected chi connectivity index (χ3v) is 4.78. The maximum Gasteiger partial charge on any atom is 0.0793 e. The van der Waals surface area contributed by atoms with E-state index in [9.17, 15) is 10.2 Å². The average Bonchev–Trinajstić information content (AvgIpc) is 2.40. The molecule has 2 saturated heterocycles. The van der Waals surface area contributed by atoms with Gasteiger partial charge in [0.25, 0.3) is 0 Å². The van der Waals surface area contributed by atoms with Crippen LogP contribution >= 0.6 is 0 Å². The first-order valence-electron chi connectivity index (χ1n) is 9.03. The summed E-state index contributed by atoms with van der Waals surface area (Å²) < 4.78 is 5.75. The average molecular weight is 329 g/mol. The first-order valence-corrected chi connectivity index (χ1v) is 9.03. The predicted molar refractivity (Wildman–Crippen MR) is 91.6 cm³/mol. The van der Waals surface area contributed by atoms with E-state index >= 15 is 0 Å². The van der Waals surface area contributed by atoms with Crippen molar-refractivity contribution in [1.29, 1.82) is 0 Å². The lowest BCUT2D eigenvalue weighted by molar-refractivity contribution is -0.0790. The van der Waals surface area contributed by atoms with Gasteiger partial charge in [0, 0.05) is 58.4 Å². The zero-order chi connectivity index (χ0) is 17.0. The monoisotopic (exact) mass is 329 g/mol. The van der Waals surface area contributed by atoms with Gasteiger partial charge in [0.2, 0.25) is 0 Å². The number of piperazine rings is 1. The molecule has 0 bridgehead atoms. The van der Waals surface area contributed by atoms with Crippen molar-refractivity contribution in [3.05, 3.63) is 0 Å². The predicted octanol–water partition coefficient (Wildman–Crippen LogP) is -0.157.